The second-order valence-electron chi connectivity index (χ2n) is 7.86. The van der Waals surface area contributed by atoms with Crippen LogP contribution in [0.1, 0.15) is 25.7 Å². The third-order valence-electron chi connectivity index (χ3n) is 5.55. The Morgan fingerprint density at radius 1 is 1.22 bits per heavy atom. The molecule has 4 rings (SSSR count). The highest BCUT2D eigenvalue weighted by Gasteiger charge is 2.56. The number of halogens is 3. The Bertz CT molecular complexity index is 1100. The lowest BCUT2D eigenvalue weighted by atomic mass is 9.83. The zero-order valence-corrected chi connectivity index (χ0v) is 16.8. The average Bonchev–Trinajstić information content (AvgIpc) is 3.51. The summed E-state index contributed by atoms with van der Waals surface area (Å²) in [5.41, 5.74) is -0.229. The molecular formula is C21H19F3N6O2. The number of anilines is 4. The molecule has 1 saturated carbocycles. The van der Waals surface area contributed by atoms with Crippen molar-refractivity contribution in [2.75, 3.05) is 22.1 Å². The summed E-state index contributed by atoms with van der Waals surface area (Å²) >= 11 is 0. The molecule has 0 radical (unpaired) electrons. The van der Waals surface area contributed by atoms with Gasteiger partial charge in [0.1, 0.15) is 23.5 Å². The highest BCUT2D eigenvalue weighted by atomic mass is 19.4. The van der Waals surface area contributed by atoms with E-state index >= 15 is 0 Å². The van der Waals surface area contributed by atoms with Crippen molar-refractivity contribution in [3.8, 4) is 6.07 Å². The fraction of sp³-hybridized carbons (Fsp3) is 0.381. The van der Waals surface area contributed by atoms with Gasteiger partial charge >= 0.3 is 6.18 Å². The Labute approximate surface area is 181 Å². The van der Waals surface area contributed by atoms with Gasteiger partial charge < -0.3 is 15.5 Å². The van der Waals surface area contributed by atoms with E-state index in [0.29, 0.717) is 24.5 Å². The Morgan fingerprint density at radius 2 is 1.91 bits per heavy atom. The molecule has 1 aliphatic carbocycles. The zero-order valence-electron chi connectivity index (χ0n) is 16.8. The van der Waals surface area contributed by atoms with Gasteiger partial charge in [0.25, 0.3) is 0 Å². The number of alkyl halides is 3. The molecule has 2 fully saturated rings. The van der Waals surface area contributed by atoms with Crippen LogP contribution < -0.4 is 15.5 Å². The molecule has 8 nitrogen and oxygen atoms in total. The van der Waals surface area contributed by atoms with Gasteiger partial charge in [-0.2, -0.15) is 18.4 Å². The number of carbonyl (C=O) groups is 2. The number of carbonyl (C=O) groups excluding carboxylic acids is 2. The van der Waals surface area contributed by atoms with Crippen molar-refractivity contribution in [3.05, 3.63) is 36.7 Å². The number of nitriles is 1. The van der Waals surface area contributed by atoms with E-state index in [0.717, 1.165) is 12.8 Å². The lowest BCUT2D eigenvalue weighted by Crippen LogP contribution is -2.35. The molecule has 2 aromatic heterocycles. The van der Waals surface area contributed by atoms with Crippen molar-refractivity contribution in [3.63, 3.8) is 0 Å². The Morgan fingerprint density at radius 3 is 2.56 bits per heavy atom. The molecule has 3 heterocycles. The highest BCUT2D eigenvalue weighted by Crippen LogP contribution is 2.51. The first-order valence-electron chi connectivity index (χ1n) is 9.99. The van der Waals surface area contributed by atoms with E-state index < -0.39 is 23.9 Å². The molecule has 0 unspecified atom stereocenters. The Kier molecular flexibility index (Phi) is 5.46. The Hall–Kier alpha value is -3.68. The predicted octanol–water partition coefficient (Wildman–Crippen LogP) is 3.77. The van der Waals surface area contributed by atoms with E-state index in [2.05, 4.69) is 26.7 Å². The third kappa shape index (κ3) is 4.49. The summed E-state index contributed by atoms with van der Waals surface area (Å²) < 4.78 is 37.0. The van der Waals surface area contributed by atoms with Crippen LogP contribution >= 0.6 is 0 Å². The smallest absolute Gasteiger partial charge is 0.326 e. The number of amides is 2. The van der Waals surface area contributed by atoms with E-state index in [9.17, 15) is 28.0 Å². The van der Waals surface area contributed by atoms with E-state index in [1.165, 1.54) is 24.5 Å². The van der Waals surface area contributed by atoms with Gasteiger partial charge in [-0.05, 0) is 37.3 Å². The highest BCUT2D eigenvalue weighted by molar-refractivity contribution is 6.02. The summed E-state index contributed by atoms with van der Waals surface area (Å²) in [7, 11) is 0. The lowest BCUT2D eigenvalue weighted by molar-refractivity contribution is -0.150. The molecule has 0 bridgehead atoms. The first-order valence-corrected chi connectivity index (χ1v) is 9.99. The molecule has 11 heteroatoms. The first kappa shape index (κ1) is 21.5. The molecule has 2 N–H and O–H groups in total. The lowest BCUT2D eigenvalue weighted by Gasteiger charge is -2.21. The third-order valence-corrected chi connectivity index (χ3v) is 5.55. The van der Waals surface area contributed by atoms with Crippen LogP contribution in [0.3, 0.4) is 0 Å². The molecule has 166 valence electrons. The quantitative estimate of drug-likeness (QED) is 0.702. The van der Waals surface area contributed by atoms with Crippen LogP contribution in [0.4, 0.5) is 36.2 Å². The molecule has 0 aromatic carbocycles. The second-order valence-corrected chi connectivity index (χ2v) is 7.86. The van der Waals surface area contributed by atoms with E-state index in [1.807, 2.05) is 0 Å². The first-order chi connectivity index (χ1) is 15.2. The van der Waals surface area contributed by atoms with Gasteiger partial charge in [0.05, 0.1) is 6.07 Å². The van der Waals surface area contributed by atoms with Crippen LogP contribution in [0.25, 0.3) is 0 Å². The summed E-state index contributed by atoms with van der Waals surface area (Å²) in [5.74, 6) is -0.672. The van der Waals surface area contributed by atoms with Gasteiger partial charge in [0.2, 0.25) is 11.8 Å². The molecule has 2 aromatic rings. The normalized spacial score (nSPS) is 20.7. The standard InChI is InChI=1S/C21H19F3N6O2/c22-21(23,24)11-18(31)28-14-3-6-26-16(9-14)29-17-10-15(4-7-27-17)30-8-5-20(12-25,19(30)32)13-1-2-13/h3-4,6-7,9-10,13H,1-2,5,8,11H2,(H2,26,27,28,29,31)/t20-/m1/s1. The molecule has 2 amide bonds. The van der Waals surface area contributed by atoms with Crippen molar-refractivity contribution in [2.45, 2.75) is 31.9 Å². The van der Waals surface area contributed by atoms with E-state index in [-0.39, 0.29) is 23.3 Å². The molecule has 1 saturated heterocycles. The zero-order chi connectivity index (χ0) is 22.9. The minimum absolute atomic E-state index is 0.115. The summed E-state index contributed by atoms with van der Waals surface area (Å²) in [5, 5.41) is 14.7. The topological polar surface area (TPSA) is 111 Å². The maximum atomic E-state index is 13.0. The van der Waals surface area contributed by atoms with Gasteiger partial charge in [-0.1, -0.05) is 0 Å². The van der Waals surface area contributed by atoms with Gasteiger partial charge in [0.15, 0.2) is 0 Å². The number of pyridine rings is 2. The van der Waals surface area contributed by atoms with Crippen LogP contribution in [0.5, 0.6) is 0 Å². The van der Waals surface area contributed by atoms with Crippen molar-refractivity contribution in [1.82, 2.24) is 9.97 Å². The van der Waals surface area contributed by atoms with Crippen LogP contribution in [0, 0.1) is 22.7 Å². The van der Waals surface area contributed by atoms with Crippen LogP contribution in [-0.2, 0) is 9.59 Å². The second kappa shape index (κ2) is 8.11. The number of nitrogens with one attached hydrogen (secondary N) is 2. The van der Waals surface area contributed by atoms with E-state index in [4.69, 9.17) is 0 Å². The number of nitrogens with zero attached hydrogens (tertiary/aromatic N) is 4. The van der Waals surface area contributed by atoms with E-state index in [1.54, 1.807) is 17.0 Å². The molecule has 0 spiro atoms. The van der Waals surface area contributed by atoms with Crippen molar-refractivity contribution >= 4 is 34.8 Å². The summed E-state index contributed by atoms with van der Waals surface area (Å²) in [6, 6.07) is 8.29. The van der Waals surface area contributed by atoms with Crippen LogP contribution in [0.15, 0.2) is 36.7 Å². The number of aromatic nitrogens is 2. The number of rotatable bonds is 6. The predicted molar refractivity (Wildman–Crippen MR) is 109 cm³/mol. The van der Waals surface area contributed by atoms with Crippen molar-refractivity contribution in [1.29, 1.82) is 5.26 Å². The number of hydrogen-bond acceptors (Lipinski definition) is 6. The summed E-state index contributed by atoms with van der Waals surface area (Å²) in [4.78, 5) is 34.3. The monoisotopic (exact) mass is 444 g/mol. The van der Waals surface area contributed by atoms with Crippen LogP contribution in [0.2, 0.25) is 0 Å². The average molecular weight is 444 g/mol. The maximum Gasteiger partial charge on any atom is 0.397 e. The van der Waals surface area contributed by atoms with Gasteiger partial charge in [0, 0.05) is 42.4 Å². The molecular weight excluding hydrogens is 425 g/mol. The minimum atomic E-state index is -4.60. The summed E-state index contributed by atoms with van der Waals surface area (Å²) in [6.45, 7) is 0.436. The SMILES string of the molecule is N#C[C@@]1(C2CC2)CCN(c2ccnc(Nc3cc(NC(=O)CC(F)(F)F)ccn3)c2)C1=O. The fourth-order valence-corrected chi connectivity index (χ4v) is 3.88. The maximum absolute atomic E-state index is 13.0. The minimum Gasteiger partial charge on any atom is -0.326 e. The van der Waals surface area contributed by atoms with Crippen LogP contribution in [-0.4, -0.2) is 34.5 Å². The van der Waals surface area contributed by atoms with Gasteiger partial charge in [-0.15, -0.1) is 0 Å². The van der Waals surface area contributed by atoms with Crippen molar-refractivity contribution in [2.24, 2.45) is 11.3 Å². The molecule has 32 heavy (non-hydrogen) atoms. The molecule has 2 aliphatic rings. The van der Waals surface area contributed by atoms with Crippen molar-refractivity contribution < 1.29 is 22.8 Å². The Balaban J connectivity index is 1.47. The fourth-order valence-electron chi connectivity index (χ4n) is 3.88. The number of hydrogen-bond donors (Lipinski definition) is 2. The van der Waals surface area contributed by atoms with Gasteiger partial charge in [-0.3, -0.25) is 9.59 Å². The molecule has 1 atom stereocenters. The van der Waals surface area contributed by atoms with Gasteiger partial charge in [-0.25, -0.2) is 9.97 Å². The molecule has 1 aliphatic heterocycles. The largest absolute Gasteiger partial charge is 0.397 e. The summed E-state index contributed by atoms with van der Waals surface area (Å²) in [6.07, 6.45) is -1.09.